The molecule has 0 saturated carbocycles. The van der Waals surface area contributed by atoms with E-state index in [9.17, 15) is 0 Å². The normalized spacial score (nSPS) is 19.0. The number of rotatable bonds is 4. The van der Waals surface area contributed by atoms with Crippen molar-refractivity contribution in [3.05, 3.63) is 53.3 Å². The number of aryl methyl sites for hydroxylation is 2. The summed E-state index contributed by atoms with van der Waals surface area (Å²) in [7, 11) is 0. The third-order valence-corrected chi connectivity index (χ3v) is 4.33. The monoisotopic (exact) mass is 327 g/mol. The fourth-order valence-corrected chi connectivity index (χ4v) is 3.10. The molecule has 24 heavy (non-hydrogen) atoms. The molecule has 1 fully saturated rings. The van der Waals surface area contributed by atoms with Gasteiger partial charge in [-0.25, -0.2) is 0 Å². The zero-order valence-corrected chi connectivity index (χ0v) is 13.9. The predicted octanol–water partition coefficient (Wildman–Crippen LogP) is 3.45. The van der Waals surface area contributed by atoms with E-state index in [0.717, 1.165) is 53.9 Å². The zero-order valence-electron chi connectivity index (χ0n) is 13.9. The summed E-state index contributed by atoms with van der Waals surface area (Å²) in [6.07, 6.45) is 1.85. The quantitative estimate of drug-likeness (QED) is 0.795. The third-order valence-electron chi connectivity index (χ3n) is 4.33. The number of hydrogen-bond donors (Lipinski definition) is 1. The summed E-state index contributed by atoms with van der Waals surface area (Å²) in [4.78, 5) is 2.36. The van der Waals surface area contributed by atoms with E-state index in [1.54, 1.807) is 0 Å². The number of H-pyrrole nitrogens is 1. The second kappa shape index (κ2) is 6.30. The van der Waals surface area contributed by atoms with E-state index in [0.29, 0.717) is 6.61 Å². The van der Waals surface area contributed by atoms with Crippen molar-refractivity contribution in [2.75, 3.05) is 19.7 Å². The predicted molar refractivity (Wildman–Crippen MR) is 88.4 cm³/mol. The lowest BCUT2D eigenvalue weighted by Gasteiger charge is -2.31. The van der Waals surface area contributed by atoms with E-state index < -0.39 is 0 Å². The van der Waals surface area contributed by atoms with Crippen LogP contribution in [0.5, 0.6) is 0 Å². The van der Waals surface area contributed by atoms with Gasteiger partial charge in [-0.3, -0.25) is 10.00 Å². The molecule has 0 spiro atoms. The van der Waals surface area contributed by atoms with Crippen LogP contribution in [0.2, 0.25) is 0 Å². The molecule has 1 aliphatic heterocycles. The molecule has 1 unspecified atom stereocenters. The van der Waals surface area contributed by atoms with Crippen molar-refractivity contribution < 1.29 is 13.6 Å². The van der Waals surface area contributed by atoms with Gasteiger partial charge in [0, 0.05) is 25.2 Å². The van der Waals surface area contributed by atoms with Crippen LogP contribution in [0, 0.1) is 13.8 Å². The molecule has 0 aromatic carbocycles. The summed E-state index contributed by atoms with van der Waals surface area (Å²) < 4.78 is 17.3. The standard InChI is InChI=1S/C18H21N3O3/c1-12-3-5-15(23-12)17-11-21(7-8-22-17)10-14-9-19-20-18(14)16-6-4-13(2)24-16/h3-6,9,17H,7-8,10-11H2,1-2H3,(H,19,20). The largest absolute Gasteiger partial charge is 0.464 e. The number of aromatic nitrogens is 2. The topological polar surface area (TPSA) is 67.4 Å². The molecule has 126 valence electrons. The molecule has 4 heterocycles. The van der Waals surface area contributed by atoms with Gasteiger partial charge in [0.1, 0.15) is 29.1 Å². The number of hydrogen-bond acceptors (Lipinski definition) is 5. The Bertz CT molecular complexity index is 817. The molecule has 3 aromatic heterocycles. The first-order chi connectivity index (χ1) is 11.7. The van der Waals surface area contributed by atoms with Crippen molar-refractivity contribution >= 4 is 0 Å². The average Bonchev–Trinajstić information content (AvgIpc) is 3.29. The summed E-state index contributed by atoms with van der Waals surface area (Å²) in [5, 5.41) is 7.24. The maximum Gasteiger partial charge on any atom is 0.152 e. The van der Waals surface area contributed by atoms with Gasteiger partial charge in [0.25, 0.3) is 0 Å². The van der Waals surface area contributed by atoms with Crippen molar-refractivity contribution in [1.29, 1.82) is 0 Å². The molecule has 3 aromatic rings. The highest BCUT2D eigenvalue weighted by Crippen LogP contribution is 2.28. The highest BCUT2D eigenvalue weighted by molar-refractivity contribution is 5.56. The summed E-state index contributed by atoms with van der Waals surface area (Å²) in [6, 6.07) is 7.91. The molecule has 4 rings (SSSR count). The first-order valence-electron chi connectivity index (χ1n) is 8.18. The van der Waals surface area contributed by atoms with E-state index >= 15 is 0 Å². The van der Waals surface area contributed by atoms with Gasteiger partial charge in [-0.2, -0.15) is 5.10 Å². The number of nitrogens with one attached hydrogen (secondary N) is 1. The van der Waals surface area contributed by atoms with Gasteiger partial charge in [-0.1, -0.05) is 0 Å². The van der Waals surface area contributed by atoms with Crippen LogP contribution in [-0.4, -0.2) is 34.8 Å². The van der Waals surface area contributed by atoms with Crippen LogP contribution in [0.1, 0.15) is 28.9 Å². The van der Waals surface area contributed by atoms with Crippen LogP contribution in [-0.2, 0) is 11.3 Å². The highest BCUT2D eigenvalue weighted by Gasteiger charge is 2.25. The van der Waals surface area contributed by atoms with Gasteiger partial charge in [0.2, 0.25) is 0 Å². The van der Waals surface area contributed by atoms with Gasteiger partial charge in [-0.15, -0.1) is 0 Å². The maximum absolute atomic E-state index is 5.87. The average molecular weight is 327 g/mol. The first-order valence-corrected chi connectivity index (χ1v) is 8.18. The summed E-state index contributed by atoms with van der Waals surface area (Å²) in [5.41, 5.74) is 2.07. The summed E-state index contributed by atoms with van der Waals surface area (Å²) in [6.45, 7) is 7.07. The van der Waals surface area contributed by atoms with Gasteiger partial charge < -0.3 is 13.6 Å². The molecule has 1 N–H and O–H groups in total. The highest BCUT2D eigenvalue weighted by atomic mass is 16.5. The molecular weight excluding hydrogens is 306 g/mol. The van der Waals surface area contributed by atoms with Crippen LogP contribution >= 0.6 is 0 Å². The van der Waals surface area contributed by atoms with E-state index in [1.165, 1.54) is 0 Å². The van der Waals surface area contributed by atoms with Crippen LogP contribution in [0.15, 0.2) is 39.3 Å². The fraction of sp³-hybridized carbons (Fsp3) is 0.389. The van der Waals surface area contributed by atoms with Gasteiger partial charge >= 0.3 is 0 Å². The van der Waals surface area contributed by atoms with Gasteiger partial charge in [0.05, 0.1) is 12.8 Å². The number of ether oxygens (including phenoxy) is 1. The van der Waals surface area contributed by atoms with Gasteiger partial charge in [0.15, 0.2) is 5.76 Å². The molecule has 1 aliphatic rings. The van der Waals surface area contributed by atoms with E-state index in [4.69, 9.17) is 13.6 Å². The van der Waals surface area contributed by atoms with Crippen molar-refractivity contribution in [3.8, 4) is 11.5 Å². The second-order valence-electron chi connectivity index (χ2n) is 6.22. The Hall–Kier alpha value is -2.31. The van der Waals surface area contributed by atoms with Crippen LogP contribution in [0.25, 0.3) is 11.5 Å². The lowest BCUT2D eigenvalue weighted by molar-refractivity contribution is -0.0430. The minimum absolute atomic E-state index is 0.0198. The third kappa shape index (κ3) is 3.02. The Balaban J connectivity index is 1.49. The molecule has 1 saturated heterocycles. The summed E-state index contributed by atoms with van der Waals surface area (Å²) >= 11 is 0. The Morgan fingerprint density at radius 2 is 2.00 bits per heavy atom. The van der Waals surface area contributed by atoms with Crippen molar-refractivity contribution in [2.24, 2.45) is 0 Å². The molecule has 0 aliphatic carbocycles. The molecule has 6 heteroatoms. The Morgan fingerprint density at radius 1 is 1.17 bits per heavy atom. The van der Waals surface area contributed by atoms with E-state index in [-0.39, 0.29) is 6.10 Å². The minimum atomic E-state index is -0.0198. The number of furan rings is 2. The minimum Gasteiger partial charge on any atom is -0.464 e. The number of morpholine rings is 1. The molecule has 0 amide bonds. The number of nitrogens with zero attached hydrogens (tertiary/aromatic N) is 2. The second-order valence-corrected chi connectivity index (χ2v) is 6.22. The molecule has 0 bridgehead atoms. The smallest absolute Gasteiger partial charge is 0.152 e. The SMILES string of the molecule is Cc1ccc(-c2[nH]ncc2CN2CCOC(c3ccc(C)o3)C2)o1. The Morgan fingerprint density at radius 3 is 2.75 bits per heavy atom. The zero-order chi connectivity index (χ0) is 16.5. The lowest BCUT2D eigenvalue weighted by atomic mass is 10.1. The first kappa shape index (κ1) is 15.2. The van der Waals surface area contributed by atoms with E-state index in [1.807, 2.05) is 44.3 Å². The van der Waals surface area contributed by atoms with Crippen LogP contribution in [0.3, 0.4) is 0 Å². The summed E-state index contributed by atoms with van der Waals surface area (Å²) in [5.74, 6) is 3.53. The molecule has 0 radical (unpaired) electrons. The van der Waals surface area contributed by atoms with Crippen molar-refractivity contribution in [1.82, 2.24) is 15.1 Å². The molecule has 1 atom stereocenters. The van der Waals surface area contributed by atoms with Crippen molar-refractivity contribution in [2.45, 2.75) is 26.5 Å². The Labute approximate surface area is 140 Å². The lowest BCUT2D eigenvalue weighted by Crippen LogP contribution is -2.37. The molecular formula is C18H21N3O3. The fourth-order valence-electron chi connectivity index (χ4n) is 3.10. The van der Waals surface area contributed by atoms with Crippen LogP contribution in [0.4, 0.5) is 0 Å². The van der Waals surface area contributed by atoms with Gasteiger partial charge in [-0.05, 0) is 38.1 Å². The Kier molecular flexibility index (Phi) is 4.00. The van der Waals surface area contributed by atoms with E-state index in [2.05, 4.69) is 15.1 Å². The maximum atomic E-state index is 5.87. The van der Waals surface area contributed by atoms with Crippen LogP contribution < -0.4 is 0 Å². The van der Waals surface area contributed by atoms with Crippen molar-refractivity contribution in [3.63, 3.8) is 0 Å². The number of aromatic amines is 1. The molecule has 6 nitrogen and oxygen atoms in total.